The lowest BCUT2D eigenvalue weighted by atomic mass is 9.73. The highest BCUT2D eigenvalue weighted by atomic mass is 32.2. The van der Waals surface area contributed by atoms with Crippen LogP contribution in [0, 0.1) is 5.41 Å². The Labute approximate surface area is 241 Å². The highest BCUT2D eigenvalue weighted by Crippen LogP contribution is 2.52. The van der Waals surface area contributed by atoms with Gasteiger partial charge in [0.2, 0.25) is 11.8 Å². The second-order valence-electron chi connectivity index (χ2n) is 11.8. The minimum Gasteiger partial charge on any atom is -0.598 e. The van der Waals surface area contributed by atoms with E-state index < -0.39 is 11.4 Å². The van der Waals surface area contributed by atoms with Crippen LogP contribution in [-0.2, 0) is 24.2 Å². The van der Waals surface area contributed by atoms with Crippen LogP contribution >= 0.6 is 11.8 Å². The predicted molar refractivity (Wildman–Crippen MR) is 156 cm³/mol. The third kappa shape index (κ3) is 4.43. The number of piperidine rings is 1. The molecular formula is C29H33N7O2S2. The van der Waals surface area contributed by atoms with Gasteiger partial charge in [0.05, 0.1) is 17.5 Å². The lowest BCUT2D eigenvalue weighted by Crippen LogP contribution is -2.50. The van der Waals surface area contributed by atoms with Crippen molar-refractivity contribution in [3.05, 3.63) is 66.0 Å². The molecule has 0 bridgehead atoms. The number of fused-ring (bicyclic) bond motifs is 3. The smallest absolute Gasteiger partial charge is 0.217 e. The first-order chi connectivity index (χ1) is 19.3. The zero-order valence-corrected chi connectivity index (χ0v) is 24.6. The second-order valence-corrected chi connectivity index (χ2v) is 14.9. The molecule has 6 heterocycles. The summed E-state index contributed by atoms with van der Waals surface area (Å²) in [5.74, 6) is 1.64. The Morgan fingerprint density at radius 3 is 2.75 bits per heavy atom. The average Bonchev–Trinajstić information content (AvgIpc) is 3.68. The van der Waals surface area contributed by atoms with E-state index in [-0.39, 0.29) is 16.2 Å². The van der Waals surface area contributed by atoms with Crippen LogP contribution in [0.1, 0.15) is 56.5 Å². The third-order valence-electron chi connectivity index (χ3n) is 8.35. The molecule has 0 aromatic carbocycles. The van der Waals surface area contributed by atoms with Crippen molar-refractivity contribution >= 4 is 34.7 Å². The average molecular weight is 576 g/mol. The molecule has 1 spiro atoms. The number of imidazole rings is 1. The van der Waals surface area contributed by atoms with Crippen molar-refractivity contribution in [3.8, 4) is 5.88 Å². The fourth-order valence-electron chi connectivity index (χ4n) is 6.18. The molecule has 1 fully saturated rings. The number of nitrogens with zero attached hydrogens (tertiary/aromatic N) is 6. The van der Waals surface area contributed by atoms with E-state index in [4.69, 9.17) is 19.7 Å². The molecule has 1 aliphatic carbocycles. The number of pyridine rings is 2. The SMILES string of the molecule is CC(C)(C)[S@@+]([O-])N[C@@H]1c2cccnc2CC12CCN(c1ncc(Sc3ccnc4c3CCO4)c3nccn13)CC2. The maximum Gasteiger partial charge on any atom is 0.217 e. The summed E-state index contributed by atoms with van der Waals surface area (Å²) in [7, 11) is 0. The van der Waals surface area contributed by atoms with E-state index in [9.17, 15) is 4.55 Å². The Kier molecular flexibility index (Phi) is 6.45. The van der Waals surface area contributed by atoms with Crippen LogP contribution < -0.4 is 14.4 Å². The molecule has 0 amide bonds. The molecule has 0 unspecified atom stereocenters. The lowest BCUT2D eigenvalue weighted by molar-refractivity contribution is 0.175. The summed E-state index contributed by atoms with van der Waals surface area (Å²) in [6, 6.07) is 6.21. The van der Waals surface area contributed by atoms with Gasteiger partial charge in [0, 0.05) is 83.4 Å². The lowest BCUT2D eigenvalue weighted by Gasteiger charge is -2.44. The molecule has 7 rings (SSSR count). The van der Waals surface area contributed by atoms with Crippen LogP contribution in [0.3, 0.4) is 0 Å². The van der Waals surface area contributed by atoms with Crippen molar-refractivity contribution in [2.45, 2.75) is 67.0 Å². The number of ether oxygens (including phenoxy) is 1. The first kappa shape index (κ1) is 26.1. The van der Waals surface area contributed by atoms with Gasteiger partial charge in [-0.3, -0.25) is 9.38 Å². The summed E-state index contributed by atoms with van der Waals surface area (Å²) in [6.45, 7) is 8.45. The number of rotatable bonds is 5. The molecule has 1 saturated heterocycles. The van der Waals surface area contributed by atoms with Gasteiger partial charge >= 0.3 is 0 Å². The minimum absolute atomic E-state index is 0.0180. The maximum absolute atomic E-state index is 13.2. The zero-order valence-electron chi connectivity index (χ0n) is 23.0. The molecule has 208 valence electrons. The number of hydrogen-bond acceptors (Lipinski definition) is 9. The van der Waals surface area contributed by atoms with Gasteiger partial charge in [-0.25, -0.2) is 15.0 Å². The van der Waals surface area contributed by atoms with E-state index in [1.165, 1.54) is 5.56 Å². The van der Waals surface area contributed by atoms with Crippen LogP contribution in [0.5, 0.6) is 5.88 Å². The Bertz CT molecular complexity index is 1560. The number of nitrogens with one attached hydrogen (secondary N) is 1. The molecule has 4 aromatic heterocycles. The summed E-state index contributed by atoms with van der Waals surface area (Å²) in [5.41, 5.74) is 4.35. The molecule has 3 aliphatic rings. The van der Waals surface area contributed by atoms with Gasteiger partial charge in [0.1, 0.15) is 4.75 Å². The quantitative estimate of drug-likeness (QED) is 0.344. The van der Waals surface area contributed by atoms with Crippen LogP contribution in [0.15, 0.2) is 59.0 Å². The first-order valence-corrected chi connectivity index (χ1v) is 15.8. The highest BCUT2D eigenvalue weighted by Gasteiger charge is 2.51. The van der Waals surface area contributed by atoms with Crippen molar-refractivity contribution in [2.24, 2.45) is 5.41 Å². The molecule has 2 atom stereocenters. The van der Waals surface area contributed by atoms with Crippen molar-refractivity contribution in [2.75, 3.05) is 24.6 Å². The molecule has 0 saturated carbocycles. The zero-order chi connectivity index (χ0) is 27.5. The maximum atomic E-state index is 13.2. The highest BCUT2D eigenvalue weighted by molar-refractivity contribution is 7.99. The molecule has 2 aliphatic heterocycles. The van der Waals surface area contributed by atoms with Gasteiger partial charge in [0.25, 0.3) is 0 Å². The van der Waals surface area contributed by atoms with Crippen molar-refractivity contribution in [3.63, 3.8) is 0 Å². The van der Waals surface area contributed by atoms with Crippen LogP contribution in [-0.4, -0.2) is 53.3 Å². The molecule has 40 heavy (non-hydrogen) atoms. The summed E-state index contributed by atoms with van der Waals surface area (Å²) in [6.07, 6.45) is 13.2. The Morgan fingerprint density at radius 1 is 1.07 bits per heavy atom. The van der Waals surface area contributed by atoms with E-state index in [0.29, 0.717) is 6.61 Å². The summed E-state index contributed by atoms with van der Waals surface area (Å²) in [5, 5.41) is 0. The molecule has 9 nitrogen and oxygen atoms in total. The summed E-state index contributed by atoms with van der Waals surface area (Å²) in [4.78, 5) is 23.2. The molecule has 1 N–H and O–H groups in total. The normalized spacial score (nSPS) is 20.5. The number of anilines is 1. The largest absolute Gasteiger partial charge is 0.598 e. The third-order valence-corrected chi connectivity index (χ3v) is 11.0. The topological polar surface area (TPSA) is 104 Å². The van der Waals surface area contributed by atoms with Gasteiger partial charge in [-0.15, -0.1) is 4.72 Å². The molecule has 11 heteroatoms. The van der Waals surface area contributed by atoms with Gasteiger partial charge in [-0.2, -0.15) is 0 Å². The van der Waals surface area contributed by atoms with E-state index in [1.54, 1.807) is 18.0 Å². The van der Waals surface area contributed by atoms with Crippen molar-refractivity contribution in [1.29, 1.82) is 0 Å². The number of aromatic nitrogens is 5. The molecule has 0 radical (unpaired) electrons. The van der Waals surface area contributed by atoms with Crippen LogP contribution in [0.4, 0.5) is 5.95 Å². The Morgan fingerprint density at radius 2 is 1.93 bits per heavy atom. The van der Waals surface area contributed by atoms with Gasteiger partial charge in [0.15, 0.2) is 5.65 Å². The standard InChI is InChI=1S/C29H33N7O2S2/c1-28(2,3)40(37)34-24-19-5-4-10-30-21(19)17-29(24)8-13-35(14-9-29)27-33-18-23(25-31-12-15-36(25)27)39-22-6-11-32-26-20(22)7-16-38-26/h4-6,10-12,15,18,24,34H,7-9,13-14,16-17H2,1-3H3/t24-,40-/m1/s1. The first-order valence-electron chi connectivity index (χ1n) is 13.8. The van der Waals surface area contributed by atoms with Gasteiger partial charge in [-0.1, -0.05) is 17.8 Å². The predicted octanol–water partition coefficient (Wildman–Crippen LogP) is 4.54. The Balaban J connectivity index is 1.14. The number of hydrogen-bond donors (Lipinski definition) is 1. The van der Waals surface area contributed by atoms with E-state index in [0.717, 1.165) is 77.3 Å². The van der Waals surface area contributed by atoms with Crippen LogP contribution in [0.25, 0.3) is 5.65 Å². The fourth-order valence-corrected chi connectivity index (χ4v) is 8.15. The fraction of sp³-hybridized carbons (Fsp3) is 0.448. The van der Waals surface area contributed by atoms with Gasteiger partial charge < -0.3 is 14.2 Å². The summed E-state index contributed by atoms with van der Waals surface area (Å²) < 4.78 is 24.2. The van der Waals surface area contributed by atoms with Crippen molar-refractivity contribution in [1.82, 2.24) is 29.1 Å². The molecular weight excluding hydrogens is 543 g/mol. The summed E-state index contributed by atoms with van der Waals surface area (Å²) >= 11 is 0.500. The van der Waals surface area contributed by atoms with E-state index in [1.807, 2.05) is 57.7 Å². The van der Waals surface area contributed by atoms with Gasteiger partial charge in [-0.05, 0) is 57.7 Å². The van der Waals surface area contributed by atoms with E-state index in [2.05, 4.69) is 25.1 Å². The van der Waals surface area contributed by atoms with Crippen LogP contribution in [0.2, 0.25) is 0 Å². The second kappa shape index (κ2) is 9.90. The van der Waals surface area contributed by atoms with Crippen molar-refractivity contribution < 1.29 is 9.29 Å². The molecule has 4 aromatic rings. The Hall–Kier alpha value is -2.86. The van der Waals surface area contributed by atoms with E-state index >= 15 is 0 Å². The monoisotopic (exact) mass is 575 g/mol. The minimum atomic E-state index is -1.17.